The van der Waals surface area contributed by atoms with Gasteiger partial charge in [0.2, 0.25) is 10.0 Å². The molecule has 0 spiro atoms. The van der Waals surface area contributed by atoms with Crippen LogP contribution < -0.4 is 4.72 Å². The van der Waals surface area contributed by atoms with Crippen LogP contribution in [0.3, 0.4) is 0 Å². The van der Waals surface area contributed by atoms with Crippen LogP contribution in [-0.4, -0.2) is 38.5 Å². The fourth-order valence-electron chi connectivity index (χ4n) is 2.06. The molecule has 0 saturated carbocycles. The van der Waals surface area contributed by atoms with Gasteiger partial charge in [0.05, 0.1) is 4.90 Å². The Bertz CT molecular complexity index is 479. The van der Waals surface area contributed by atoms with Gasteiger partial charge in [0.25, 0.3) is 0 Å². The zero-order chi connectivity index (χ0) is 14.5. The monoisotopic (exact) mass is 284 g/mol. The Morgan fingerprint density at radius 3 is 2.11 bits per heavy atom. The van der Waals surface area contributed by atoms with E-state index in [1.165, 1.54) is 0 Å². The van der Waals surface area contributed by atoms with E-state index in [-0.39, 0.29) is 0 Å². The van der Waals surface area contributed by atoms with Crippen LogP contribution >= 0.6 is 0 Å². The largest absolute Gasteiger partial charge is 0.302 e. The maximum atomic E-state index is 12.3. The fourth-order valence-corrected chi connectivity index (χ4v) is 3.49. The first kappa shape index (κ1) is 16.1. The maximum Gasteiger partial charge on any atom is 0.241 e. The number of rotatable bonds is 7. The van der Waals surface area contributed by atoms with Gasteiger partial charge in [-0.2, -0.15) is 0 Å². The van der Waals surface area contributed by atoms with E-state index in [0.717, 1.165) is 13.1 Å². The standard InChI is InChI=1S/C14H24N2O2S/c1-5-16(6-2)12-14(3,4)15-19(17,18)13-10-8-7-9-11-13/h7-11,15H,5-6,12H2,1-4H3. The average molecular weight is 284 g/mol. The highest BCUT2D eigenvalue weighted by atomic mass is 32.2. The molecular weight excluding hydrogens is 260 g/mol. The van der Waals surface area contributed by atoms with Gasteiger partial charge in [-0.3, -0.25) is 0 Å². The van der Waals surface area contributed by atoms with Crippen LogP contribution in [0.25, 0.3) is 0 Å². The highest BCUT2D eigenvalue weighted by Gasteiger charge is 2.27. The third-order valence-electron chi connectivity index (χ3n) is 2.98. The molecule has 19 heavy (non-hydrogen) atoms. The molecule has 0 bridgehead atoms. The Kier molecular flexibility index (Phi) is 5.52. The minimum absolute atomic E-state index is 0.308. The molecule has 0 aliphatic carbocycles. The molecule has 0 saturated heterocycles. The van der Waals surface area contributed by atoms with Gasteiger partial charge in [-0.1, -0.05) is 32.0 Å². The molecule has 108 valence electrons. The number of likely N-dealkylation sites (N-methyl/N-ethyl adjacent to an activating group) is 1. The lowest BCUT2D eigenvalue weighted by Gasteiger charge is -2.32. The van der Waals surface area contributed by atoms with E-state index in [1.54, 1.807) is 30.3 Å². The molecule has 0 amide bonds. The van der Waals surface area contributed by atoms with Crippen LogP contribution in [0.1, 0.15) is 27.7 Å². The minimum atomic E-state index is -3.46. The molecule has 0 heterocycles. The van der Waals surface area contributed by atoms with Gasteiger partial charge < -0.3 is 4.90 Å². The number of hydrogen-bond donors (Lipinski definition) is 1. The predicted molar refractivity (Wildman–Crippen MR) is 78.6 cm³/mol. The van der Waals surface area contributed by atoms with E-state index in [4.69, 9.17) is 0 Å². The molecule has 0 radical (unpaired) electrons. The van der Waals surface area contributed by atoms with Crippen LogP contribution in [0.4, 0.5) is 0 Å². The van der Waals surface area contributed by atoms with Crippen molar-refractivity contribution in [1.29, 1.82) is 0 Å². The van der Waals surface area contributed by atoms with Crippen molar-refractivity contribution in [2.75, 3.05) is 19.6 Å². The number of nitrogens with zero attached hydrogens (tertiary/aromatic N) is 1. The Morgan fingerprint density at radius 2 is 1.63 bits per heavy atom. The summed E-state index contributed by atoms with van der Waals surface area (Å²) in [5.41, 5.74) is -0.499. The summed E-state index contributed by atoms with van der Waals surface area (Å²) in [6, 6.07) is 8.48. The van der Waals surface area contributed by atoms with E-state index < -0.39 is 15.6 Å². The summed E-state index contributed by atoms with van der Waals surface area (Å²) in [5, 5.41) is 0. The van der Waals surface area contributed by atoms with Gasteiger partial charge in [0.15, 0.2) is 0 Å². The molecule has 1 N–H and O–H groups in total. The summed E-state index contributed by atoms with van der Waals surface area (Å²) in [7, 11) is -3.46. The van der Waals surface area contributed by atoms with Gasteiger partial charge in [0.1, 0.15) is 0 Å². The summed E-state index contributed by atoms with van der Waals surface area (Å²) in [6.45, 7) is 10.5. The quantitative estimate of drug-likeness (QED) is 0.834. The second-order valence-electron chi connectivity index (χ2n) is 5.26. The summed E-state index contributed by atoms with van der Waals surface area (Å²) in [5.74, 6) is 0. The Hall–Kier alpha value is -0.910. The zero-order valence-corrected chi connectivity index (χ0v) is 13.0. The summed E-state index contributed by atoms with van der Waals surface area (Å²) < 4.78 is 27.3. The van der Waals surface area contributed by atoms with Gasteiger partial charge in [-0.05, 0) is 39.1 Å². The van der Waals surface area contributed by atoms with Crippen LogP contribution in [-0.2, 0) is 10.0 Å². The number of hydrogen-bond acceptors (Lipinski definition) is 3. The summed E-state index contributed by atoms with van der Waals surface area (Å²) in [4.78, 5) is 2.51. The first-order chi connectivity index (χ1) is 8.80. The molecule has 4 nitrogen and oxygen atoms in total. The van der Waals surface area contributed by atoms with Crippen molar-refractivity contribution in [2.24, 2.45) is 0 Å². The Labute approximate surface area is 116 Å². The summed E-state index contributed by atoms with van der Waals surface area (Å²) in [6.07, 6.45) is 0. The van der Waals surface area contributed by atoms with Crippen LogP contribution in [0.5, 0.6) is 0 Å². The maximum absolute atomic E-state index is 12.3. The van der Waals surface area contributed by atoms with E-state index in [9.17, 15) is 8.42 Å². The molecule has 0 aliphatic heterocycles. The van der Waals surface area contributed by atoms with Gasteiger partial charge >= 0.3 is 0 Å². The fraction of sp³-hybridized carbons (Fsp3) is 0.571. The van der Waals surface area contributed by atoms with Crippen LogP contribution in [0.15, 0.2) is 35.2 Å². The van der Waals surface area contributed by atoms with Crippen LogP contribution in [0.2, 0.25) is 0 Å². The van der Waals surface area contributed by atoms with Crippen molar-refractivity contribution in [3.63, 3.8) is 0 Å². The van der Waals surface area contributed by atoms with E-state index in [1.807, 2.05) is 13.8 Å². The van der Waals surface area contributed by atoms with Crippen molar-refractivity contribution in [2.45, 2.75) is 38.1 Å². The van der Waals surface area contributed by atoms with E-state index in [0.29, 0.717) is 11.4 Å². The second kappa shape index (κ2) is 6.50. The molecule has 0 fully saturated rings. The van der Waals surface area contributed by atoms with Crippen molar-refractivity contribution < 1.29 is 8.42 Å². The van der Waals surface area contributed by atoms with Gasteiger partial charge in [-0.15, -0.1) is 0 Å². The lowest BCUT2D eigenvalue weighted by Crippen LogP contribution is -2.51. The molecule has 5 heteroatoms. The number of benzene rings is 1. The van der Waals surface area contributed by atoms with E-state index >= 15 is 0 Å². The molecular formula is C14H24N2O2S. The number of nitrogens with one attached hydrogen (secondary N) is 1. The zero-order valence-electron chi connectivity index (χ0n) is 12.2. The minimum Gasteiger partial charge on any atom is -0.302 e. The Balaban J connectivity index is 2.83. The first-order valence-corrected chi connectivity index (χ1v) is 8.10. The summed E-state index contributed by atoms with van der Waals surface area (Å²) >= 11 is 0. The smallest absolute Gasteiger partial charge is 0.241 e. The molecule has 0 aliphatic rings. The average Bonchev–Trinajstić information content (AvgIpc) is 2.36. The van der Waals surface area contributed by atoms with Crippen LogP contribution in [0, 0.1) is 0 Å². The Morgan fingerprint density at radius 1 is 1.11 bits per heavy atom. The van der Waals surface area contributed by atoms with Crippen molar-refractivity contribution in [3.05, 3.63) is 30.3 Å². The lowest BCUT2D eigenvalue weighted by atomic mass is 10.1. The lowest BCUT2D eigenvalue weighted by molar-refractivity contribution is 0.235. The highest BCUT2D eigenvalue weighted by Crippen LogP contribution is 2.13. The first-order valence-electron chi connectivity index (χ1n) is 6.62. The normalized spacial score (nSPS) is 12.9. The molecule has 1 aromatic rings. The van der Waals surface area contributed by atoms with Crippen molar-refractivity contribution >= 4 is 10.0 Å². The van der Waals surface area contributed by atoms with Crippen molar-refractivity contribution in [1.82, 2.24) is 9.62 Å². The second-order valence-corrected chi connectivity index (χ2v) is 6.95. The van der Waals surface area contributed by atoms with Crippen molar-refractivity contribution in [3.8, 4) is 0 Å². The topological polar surface area (TPSA) is 49.4 Å². The molecule has 0 aromatic heterocycles. The van der Waals surface area contributed by atoms with Gasteiger partial charge in [0, 0.05) is 12.1 Å². The van der Waals surface area contributed by atoms with E-state index in [2.05, 4.69) is 23.5 Å². The number of sulfonamides is 1. The molecule has 1 rings (SSSR count). The molecule has 0 atom stereocenters. The molecule has 1 aromatic carbocycles. The molecule has 0 unspecified atom stereocenters. The predicted octanol–water partition coefficient (Wildman–Crippen LogP) is 2.09. The third kappa shape index (κ3) is 4.93. The third-order valence-corrected chi connectivity index (χ3v) is 4.69. The van der Waals surface area contributed by atoms with Gasteiger partial charge in [-0.25, -0.2) is 13.1 Å². The SMILES string of the molecule is CCN(CC)CC(C)(C)NS(=O)(=O)c1ccccc1. The highest BCUT2D eigenvalue weighted by molar-refractivity contribution is 7.89.